The van der Waals surface area contributed by atoms with E-state index in [9.17, 15) is 9.59 Å². The molecule has 0 saturated heterocycles. The standard InChI is InChI=1S/C15H18N2O3/c1-10(12-3-4-12)7-17-15(20)13-6-11(8-16-9-13)2-5-14(18)19/h2,5-6,8-10,12H,3-4,7H2,1H3,(H,17,20)(H,18,19)/b5-2+. The molecular formula is C15H18N2O3. The van der Waals surface area contributed by atoms with Crippen molar-refractivity contribution in [1.82, 2.24) is 10.3 Å². The van der Waals surface area contributed by atoms with Crippen molar-refractivity contribution in [2.45, 2.75) is 19.8 Å². The lowest BCUT2D eigenvalue weighted by Crippen LogP contribution is -2.29. The Morgan fingerprint density at radius 3 is 2.90 bits per heavy atom. The summed E-state index contributed by atoms with van der Waals surface area (Å²) in [5.74, 6) is 0.0499. The fraction of sp³-hybridized carbons (Fsp3) is 0.400. The summed E-state index contributed by atoms with van der Waals surface area (Å²) in [5, 5.41) is 11.5. The predicted molar refractivity (Wildman–Crippen MR) is 75.1 cm³/mol. The second-order valence-electron chi connectivity index (χ2n) is 5.20. The molecule has 2 N–H and O–H groups in total. The topological polar surface area (TPSA) is 79.3 Å². The number of hydrogen-bond acceptors (Lipinski definition) is 3. The maximum atomic E-state index is 12.0. The molecular weight excluding hydrogens is 256 g/mol. The van der Waals surface area contributed by atoms with Crippen LogP contribution in [0, 0.1) is 11.8 Å². The van der Waals surface area contributed by atoms with Gasteiger partial charge in [-0.1, -0.05) is 6.92 Å². The van der Waals surface area contributed by atoms with Crippen LogP contribution >= 0.6 is 0 Å². The molecule has 0 aromatic carbocycles. The Morgan fingerprint density at radius 2 is 2.25 bits per heavy atom. The molecule has 20 heavy (non-hydrogen) atoms. The van der Waals surface area contributed by atoms with Crippen molar-refractivity contribution >= 4 is 18.0 Å². The number of rotatable bonds is 6. The van der Waals surface area contributed by atoms with Crippen molar-refractivity contribution < 1.29 is 14.7 Å². The predicted octanol–water partition coefficient (Wildman–Crippen LogP) is 1.96. The second-order valence-corrected chi connectivity index (χ2v) is 5.20. The van der Waals surface area contributed by atoms with Gasteiger partial charge in [-0.2, -0.15) is 0 Å². The van der Waals surface area contributed by atoms with Crippen LogP contribution in [0.3, 0.4) is 0 Å². The van der Waals surface area contributed by atoms with Crippen LogP contribution < -0.4 is 5.32 Å². The molecule has 0 spiro atoms. The normalized spacial score (nSPS) is 16.1. The van der Waals surface area contributed by atoms with Crippen molar-refractivity contribution in [2.24, 2.45) is 11.8 Å². The first-order chi connectivity index (χ1) is 9.56. The van der Waals surface area contributed by atoms with Crippen LogP contribution in [0.25, 0.3) is 6.08 Å². The zero-order valence-electron chi connectivity index (χ0n) is 11.4. The molecule has 1 heterocycles. The van der Waals surface area contributed by atoms with Gasteiger partial charge in [0.15, 0.2) is 0 Å². The number of hydrogen-bond donors (Lipinski definition) is 2. The van der Waals surface area contributed by atoms with Crippen LogP contribution in [0.5, 0.6) is 0 Å². The van der Waals surface area contributed by atoms with E-state index in [2.05, 4.69) is 17.2 Å². The van der Waals surface area contributed by atoms with E-state index >= 15 is 0 Å². The highest BCUT2D eigenvalue weighted by Gasteiger charge is 2.27. The van der Waals surface area contributed by atoms with E-state index in [0.29, 0.717) is 23.6 Å². The van der Waals surface area contributed by atoms with Gasteiger partial charge in [-0.25, -0.2) is 4.79 Å². The fourth-order valence-electron chi connectivity index (χ4n) is 2.03. The first kappa shape index (κ1) is 14.2. The molecule has 0 aliphatic heterocycles. The Morgan fingerprint density at radius 1 is 1.50 bits per heavy atom. The highest BCUT2D eigenvalue weighted by atomic mass is 16.4. The van der Waals surface area contributed by atoms with Gasteiger partial charge in [-0.3, -0.25) is 9.78 Å². The molecule has 1 amide bonds. The molecule has 1 unspecified atom stereocenters. The number of carboxylic acid groups (broad SMARTS) is 1. The summed E-state index contributed by atoms with van der Waals surface area (Å²) < 4.78 is 0. The number of amides is 1. The molecule has 1 aliphatic rings. The van der Waals surface area contributed by atoms with Crippen molar-refractivity contribution in [3.63, 3.8) is 0 Å². The summed E-state index contributed by atoms with van der Waals surface area (Å²) in [7, 11) is 0. The summed E-state index contributed by atoms with van der Waals surface area (Å²) >= 11 is 0. The lowest BCUT2D eigenvalue weighted by molar-refractivity contribution is -0.131. The molecule has 5 heteroatoms. The van der Waals surface area contributed by atoms with E-state index in [1.54, 1.807) is 6.07 Å². The molecule has 2 rings (SSSR count). The number of nitrogens with one attached hydrogen (secondary N) is 1. The van der Waals surface area contributed by atoms with Crippen LogP contribution in [-0.2, 0) is 4.79 Å². The van der Waals surface area contributed by atoms with E-state index in [0.717, 1.165) is 12.0 Å². The molecule has 1 fully saturated rings. The fourth-order valence-corrected chi connectivity index (χ4v) is 2.03. The van der Waals surface area contributed by atoms with E-state index in [4.69, 9.17) is 5.11 Å². The van der Waals surface area contributed by atoms with Gasteiger partial charge >= 0.3 is 5.97 Å². The number of pyridine rings is 1. The van der Waals surface area contributed by atoms with E-state index in [1.165, 1.54) is 31.3 Å². The van der Waals surface area contributed by atoms with E-state index in [-0.39, 0.29) is 5.91 Å². The minimum atomic E-state index is -1.03. The number of aromatic nitrogens is 1. The van der Waals surface area contributed by atoms with Gasteiger partial charge in [0.05, 0.1) is 5.56 Å². The highest BCUT2D eigenvalue weighted by Crippen LogP contribution is 2.36. The Bertz CT molecular complexity index is 536. The smallest absolute Gasteiger partial charge is 0.328 e. The molecule has 0 bridgehead atoms. The van der Waals surface area contributed by atoms with Crippen LogP contribution in [0.15, 0.2) is 24.5 Å². The van der Waals surface area contributed by atoms with Crippen LogP contribution in [0.1, 0.15) is 35.7 Å². The minimum absolute atomic E-state index is 0.171. The zero-order valence-corrected chi connectivity index (χ0v) is 11.4. The SMILES string of the molecule is CC(CNC(=O)c1cncc(/C=C/C(=O)O)c1)C1CC1. The number of carbonyl (C=O) groups excluding carboxylic acids is 1. The highest BCUT2D eigenvalue weighted by molar-refractivity contribution is 5.94. The number of carbonyl (C=O) groups is 2. The van der Waals surface area contributed by atoms with Crippen LogP contribution in [0.2, 0.25) is 0 Å². The minimum Gasteiger partial charge on any atom is -0.478 e. The Labute approximate surface area is 117 Å². The number of carboxylic acids is 1. The monoisotopic (exact) mass is 274 g/mol. The molecule has 1 aromatic rings. The molecule has 1 aromatic heterocycles. The molecule has 1 saturated carbocycles. The molecule has 106 valence electrons. The van der Waals surface area contributed by atoms with Gasteiger partial charge in [-0.05, 0) is 42.4 Å². The average molecular weight is 274 g/mol. The van der Waals surface area contributed by atoms with Crippen molar-refractivity contribution in [2.75, 3.05) is 6.54 Å². The van der Waals surface area contributed by atoms with Gasteiger partial charge in [0.1, 0.15) is 0 Å². The maximum Gasteiger partial charge on any atom is 0.328 e. The van der Waals surface area contributed by atoms with Crippen molar-refractivity contribution in [3.05, 3.63) is 35.7 Å². The molecule has 1 aliphatic carbocycles. The Hall–Kier alpha value is -2.17. The lowest BCUT2D eigenvalue weighted by Gasteiger charge is -2.11. The third-order valence-electron chi connectivity index (χ3n) is 3.45. The Balaban J connectivity index is 1.94. The van der Waals surface area contributed by atoms with Gasteiger partial charge in [0.25, 0.3) is 5.91 Å². The maximum absolute atomic E-state index is 12.0. The van der Waals surface area contributed by atoms with E-state index < -0.39 is 5.97 Å². The van der Waals surface area contributed by atoms with E-state index in [1.807, 2.05) is 0 Å². The van der Waals surface area contributed by atoms with Gasteiger partial charge in [0.2, 0.25) is 0 Å². The quantitative estimate of drug-likeness (QED) is 0.777. The molecule has 5 nitrogen and oxygen atoms in total. The Kier molecular flexibility index (Phi) is 4.50. The summed E-state index contributed by atoms with van der Waals surface area (Å²) in [5.41, 5.74) is 1.04. The van der Waals surface area contributed by atoms with Crippen molar-refractivity contribution in [1.29, 1.82) is 0 Å². The number of aliphatic carboxylic acids is 1. The lowest BCUT2D eigenvalue weighted by atomic mass is 10.1. The first-order valence-corrected chi connectivity index (χ1v) is 6.70. The second kappa shape index (κ2) is 6.32. The summed E-state index contributed by atoms with van der Waals surface area (Å²) in [6.07, 6.45) is 7.95. The third kappa shape index (κ3) is 4.19. The first-order valence-electron chi connectivity index (χ1n) is 6.70. The number of nitrogens with zero attached hydrogens (tertiary/aromatic N) is 1. The average Bonchev–Trinajstić information content (AvgIpc) is 3.27. The molecule has 0 radical (unpaired) electrons. The van der Waals surface area contributed by atoms with Crippen molar-refractivity contribution in [3.8, 4) is 0 Å². The zero-order chi connectivity index (χ0) is 14.5. The van der Waals surface area contributed by atoms with Gasteiger partial charge in [0, 0.05) is 25.0 Å². The van der Waals surface area contributed by atoms with Gasteiger partial charge in [-0.15, -0.1) is 0 Å². The van der Waals surface area contributed by atoms with Crippen LogP contribution in [-0.4, -0.2) is 28.5 Å². The summed E-state index contributed by atoms with van der Waals surface area (Å²) in [6, 6.07) is 1.63. The summed E-state index contributed by atoms with van der Waals surface area (Å²) in [4.78, 5) is 26.4. The summed E-state index contributed by atoms with van der Waals surface area (Å²) in [6.45, 7) is 2.81. The van der Waals surface area contributed by atoms with Gasteiger partial charge < -0.3 is 10.4 Å². The third-order valence-corrected chi connectivity index (χ3v) is 3.45. The molecule has 1 atom stereocenters. The van der Waals surface area contributed by atoms with Crippen LogP contribution in [0.4, 0.5) is 0 Å². The largest absolute Gasteiger partial charge is 0.478 e.